The zero-order chi connectivity index (χ0) is 12.9. The van der Waals surface area contributed by atoms with Gasteiger partial charge in [0.05, 0.1) is 18.0 Å². The Morgan fingerprint density at radius 1 is 1.39 bits per heavy atom. The lowest BCUT2D eigenvalue weighted by molar-refractivity contribution is -0.140. The maximum atomic E-state index is 11.4. The van der Waals surface area contributed by atoms with Crippen LogP contribution in [-0.4, -0.2) is 22.8 Å². The molecule has 0 atom stereocenters. The van der Waals surface area contributed by atoms with Crippen molar-refractivity contribution in [2.75, 3.05) is 7.11 Å². The van der Waals surface area contributed by atoms with E-state index < -0.39 is 11.4 Å². The molecule has 1 aliphatic carbocycles. The van der Waals surface area contributed by atoms with Gasteiger partial charge in [0.25, 0.3) is 0 Å². The van der Waals surface area contributed by atoms with Crippen LogP contribution in [0.4, 0.5) is 0 Å². The maximum absolute atomic E-state index is 11.4. The molecule has 1 N–H and O–H groups in total. The summed E-state index contributed by atoms with van der Waals surface area (Å²) in [5, 5.41) is 10.4. The van der Waals surface area contributed by atoms with Crippen molar-refractivity contribution in [3.05, 3.63) is 30.0 Å². The van der Waals surface area contributed by atoms with Crippen LogP contribution < -0.4 is 4.74 Å². The third-order valence-electron chi connectivity index (χ3n) is 3.90. The molecular formula is C14H15NO3. The predicted octanol–water partition coefficient (Wildman–Crippen LogP) is 2.30. The fourth-order valence-electron chi connectivity index (χ4n) is 2.64. The lowest BCUT2D eigenvalue weighted by Gasteiger charge is -2.16. The van der Waals surface area contributed by atoms with E-state index in [-0.39, 0.29) is 0 Å². The fraction of sp³-hybridized carbons (Fsp3) is 0.357. The second kappa shape index (κ2) is 3.51. The Bertz CT molecular complexity index is 638. The first-order chi connectivity index (χ1) is 8.60. The molecule has 1 fully saturated rings. The van der Waals surface area contributed by atoms with Crippen LogP contribution in [0.2, 0.25) is 0 Å². The second-order valence-electron chi connectivity index (χ2n) is 4.89. The molecule has 18 heavy (non-hydrogen) atoms. The van der Waals surface area contributed by atoms with E-state index in [0.717, 1.165) is 16.5 Å². The molecule has 2 aromatic rings. The Hall–Kier alpha value is -1.97. The SMILES string of the molecule is COc1c(C2(C(=O)O)CC2)ccc2c1ccn2C. The average molecular weight is 245 g/mol. The number of rotatable bonds is 3. The highest BCUT2D eigenvalue weighted by Gasteiger charge is 2.53. The number of nitrogens with zero attached hydrogens (tertiary/aromatic N) is 1. The predicted molar refractivity (Wildman–Crippen MR) is 68.0 cm³/mol. The monoisotopic (exact) mass is 245 g/mol. The molecular weight excluding hydrogens is 230 g/mol. The molecule has 0 radical (unpaired) electrons. The van der Waals surface area contributed by atoms with Crippen LogP contribution in [0.25, 0.3) is 10.9 Å². The van der Waals surface area contributed by atoms with E-state index in [2.05, 4.69) is 0 Å². The van der Waals surface area contributed by atoms with Crippen LogP contribution in [0.15, 0.2) is 24.4 Å². The van der Waals surface area contributed by atoms with Gasteiger partial charge >= 0.3 is 5.97 Å². The van der Waals surface area contributed by atoms with E-state index in [1.165, 1.54) is 0 Å². The molecule has 4 nitrogen and oxygen atoms in total. The minimum Gasteiger partial charge on any atom is -0.496 e. The largest absolute Gasteiger partial charge is 0.496 e. The van der Waals surface area contributed by atoms with Gasteiger partial charge in [0.15, 0.2) is 0 Å². The third-order valence-corrected chi connectivity index (χ3v) is 3.90. The summed E-state index contributed by atoms with van der Waals surface area (Å²) < 4.78 is 7.47. The number of carbonyl (C=O) groups is 1. The van der Waals surface area contributed by atoms with Crippen molar-refractivity contribution in [2.24, 2.45) is 7.05 Å². The van der Waals surface area contributed by atoms with E-state index in [9.17, 15) is 9.90 Å². The molecule has 4 heteroatoms. The smallest absolute Gasteiger partial charge is 0.314 e. The molecule has 1 aromatic heterocycles. The minimum absolute atomic E-state index is 0.692. The lowest BCUT2D eigenvalue weighted by Crippen LogP contribution is -2.20. The number of hydrogen-bond acceptors (Lipinski definition) is 2. The molecule has 0 aliphatic heterocycles. The highest BCUT2D eigenvalue weighted by atomic mass is 16.5. The first kappa shape index (κ1) is 11.1. The van der Waals surface area contributed by atoms with Gasteiger partial charge in [0, 0.05) is 24.2 Å². The van der Waals surface area contributed by atoms with Gasteiger partial charge in [-0.05, 0) is 25.0 Å². The molecule has 94 valence electrons. The van der Waals surface area contributed by atoms with Crippen molar-refractivity contribution in [3.8, 4) is 5.75 Å². The van der Waals surface area contributed by atoms with Crippen molar-refractivity contribution in [1.29, 1.82) is 0 Å². The highest BCUT2D eigenvalue weighted by Crippen LogP contribution is 2.52. The van der Waals surface area contributed by atoms with Crippen LogP contribution in [-0.2, 0) is 17.3 Å². The van der Waals surface area contributed by atoms with Crippen LogP contribution in [0.1, 0.15) is 18.4 Å². The van der Waals surface area contributed by atoms with Gasteiger partial charge < -0.3 is 14.4 Å². The third kappa shape index (κ3) is 1.29. The summed E-state index contributed by atoms with van der Waals surface area (Å²) in [4.78, 5) is 11.4. The number of methoxy groups -OCH3 is 1. The number of carboxylic acid groups (broad SMARTS) is 1. The zero-order valence-electron chi connectivity index (χ0n) is 10.4. The molecule has 1 saturated carbocycles. The van der Waals surface area contributed by atoms with Crippen molar-refractivity contribution < 1.29 is 14.6 Å². The van der Waals surface area contributed by atoms with Gasteiger partial charge in [-0.15, -0.1) is 0 Å². The van der Waals surface area contributed by atoms with Gasteiger partial charge in [-0.3, -0.25) is 4.79 Å². The summed E-state index contributed by atoms with van der Waals surface area (Å²) in [6.45, 7) is 0. The van der Waals surface area contributed by atoms with Crippen molar-refractivity contribution in [3.63, 3.8) is 0 Å². The number of benzene rings is 1. The highest BCUT2D eigenvalue weighted by molar-refractivity contribution is 5.93. The maximum Gasteiger partial charge on any atom is 0.314 e. The Kier molecular flexibility index (Phi) is 2.17. The fourth-order valence-corrected chi connectivity index (χ4v) is 2.64. The number of aromatic nitrogens is 1. The minimum atomic E-state index is -0.754. The second-order valence-corrected chi connectivity index (χ2v) is 4.89. The Labute approximate surface area is 105 Å². The van der Waals surface area contributed by atoms with E-state index >= 15 is 0 Å². The van der Waals surface area contributed by atoms with Crippen molar-refractivity contribution in [1.82, 2.24) is 4.57 Å². The average Bonchev–Trinajstić information content (AvgIpc) is 3.09. The van der Waals surface area contributed by atoms with Gasteiger partial charge in [-0.1, -0.05) is 6.07 Å². The number of ether oxygens (including phenoxy) is 1. The first-order valence-electron chi connectivity index (χ1n) is 5.96. The molecule has 3 rings (SSSR count). The summed E-state index contributed by atoms with van der Waals surface area (Å²) in [7, 11) is 3.56. The summed E-state index contributed by atoms with van der Waals surface area (Å²) in [5.74, 6) is -0.0518. The summed E-state index contributed by atoms with van der Waals surface area (Å²) in [6, 6.07) is 5.83. The van der Waals surface area contributed by atoms with Crippen LogP contribution >= 0.6 is 0 Å². The molecule has 0 saturated heterocycles. The Morgan fingerprint density at radius 3 is 2.67 bits per heavy atom. The van der Waals surface area contributed by atoms with Crippen LogP contribution in [0, 0.1) is 0 Å². The van der Waals surface area contributed by atoms with E-state index in [1.54, 1.807) is 7.11 Å². The molecule has 0 bridgehead atoms. The van der Waals surface area contributed by atoms with Crippen LogP contribution in [0.3, 0.4) is 0 Å². The molecule has 0 unspecified atom stereocenters. The summed E-state index contributed by atoms with van der Waals surface area (Å²) in [5.41, 5.74) is 1.13. The van der Waals surface area contributed by atoms with Gasteiger partial charge in [0.2, 0.25) is 0 Å². The van der Waals surface area contributed by atoms with E-state index in [4.69, 9.17) is 4.74 Å². The zero-order valence-corrected chi connectivity index (χ0v) is 10.4. The number of hydrogen-bond donors (Lipinski definition) is 1. The number of aryl methyl sites for hydroxylation is 1. The lowest BCUT2D eigenvalue weighted by atomic mass is 9.93. The normalized spacial score (nSPS) is 16.8. The molecule has 0 spiro atoms. The van der Waals surface area contributed by atoms with E-state index in [0.29, 0.717) is 18.6 Å². The number of fused-ring (bicyclic) bond motifs is 1. The Balaban J connectivity index is 2.28. The summed E-state index contributed by atoms with van der Waals surface area (Å²) >= 11 is 0. The molecule has 1 aromatic carbocycles. The van der Waals surface area contributed by atoms with Crippen LogP contribution in [0.5, 0.6) is 5.75 Å². The topological polar surface area (TPSA) is 51.5 Å². The van der Waals surface area contributed by atoms with Gasteiger partial charge in [0.1, 0.15) is 5.75 Å². The van der Waals surface area contributed by atoms with Gasteiger partial charge in [-0.2, -0.15) is 0 Å². The van der Waals surface area contributed by atoms with E-state index in [1.807, 2.05) is 36.0 Å². The summed E-state index contributed by atoms with van der Waals surface area (Å²) in [6.07, 6.45) is 3.34. The molecule has 1 heterocycles. The first-order valence-corrected chi connectivity index (χ1v) is 5.96. The Morgan fingerprint density at radius 2 is 2.11 bits per heavy atom. The quantitative estimate of drug-likeness (QED) is 0.902. The molecule has 0 amide bonds. The standard InChI is InChI=1S/C14H15NO3/c1-15-8-5-9-11(15)4-3-10(12(9)18-2)14(6-7-14)13(16)17/h3-5,8H,6-7H2,1-2H3,(H,16,17). The molecule has 1 aliphatic rings. The van der Waals surface area contributed by atoms with Crippen molar-refractivity contribution >= 4 is 16.9 Å². The van der Waals surface area contributed by atoms with Crippen molar-refractivity contribution in [2.45, 2.75) is 18.3 Å². The number of carboxylic acids is 1. The van der Waals surface area contributed by atoms with Gasteiger partial charge in [-0.25, -0.2) is 0 Å². The number of aliphatic carboxylic acids is 1.